The molecule has 0 aliphatic rings. The Labute approximate surface area is 150 Å². The lowest BCUT2D eigenvalue weighted by atomic mass is 10.2. The second-order valence-electron chi connectivity index (χ2n) is 6.21. The van der Waals surface area contributed by atoms with Crippen LogP contribution in [-0.4, -0.2) is 26.9 Å². The number of fused-ring (bicyclic) bond motifs is 1. The van der Waals surface area contributed by atoms with Gasteiger partial charge in [0.25, 0.3) is 5.91 Å². The lowest BCUT2D eigenvalue weighted by molar-refractivity contribution is 0.0947. The number of aromatic nitrogens is 3. The van der Waals surface area contributed by atoms with E-state index in [1.54, 1.807) is 0 Å². The van der Waals surface area contributed by atoms with Crippen molar-refractivity contribution >= 4 is 33.3 Å². The zero-order valence-electron chi connectivity index (χ0n) is 14.8. The quantitative estimate of drug-likeness (QED) is 0.733. The van der Waals surface area contributed by atoms with Gasteiger partial charge in [-0.1, -0.05) is 6.07 Å². The second kappa shape index (κ2) is 7.14. The average Bonchev–Trinajstić information content (AvgIpc) is 2.90. The highest BCUT2D eigenvalue weighted by atomic mass is 32.1. The van der Waals surface area contributed by atoms with Crippen molar-refractivity contribution in [1.82, 2.24) is 20.3 Å². The van der Waals surface area contributed by atoms with Gasteiger partial charge in [-0.15, -0.1) is 11.3 Å². The molecule has 1 amide bonds. The molecule has 7 heteroatoms. The lowest BCUT2D eigenvalue weighted by Gasteiger charge is -2.08. The number of carbonyl (C=O) groups is 1. The Morgan fingerprint density at radius 1 is 1.24 bits per heavy atom. The summed E-state index contributed by atoms with van der Waals surface area (Å²) in [5.74, 6) is 0.660. The van der Waals surface area contributed by atoms with Crippen LogP contribution in [0.1, 0.15) is 40.5 Å². The third-order valence-corrected chi connectivity index (χ3v) is 4.93. The molecule has 0 saturated heterocycles. The van der Waals surface area contributed by atoms with Crippen molar-refractivity contribution < 1.29 is 4.79 Å². The van der Waals surface area contributed by atoms with E-state index in [1.807, 2.05) is 45.9 Å². The SMILES string of the molecule is Cc1cccc(CNc2ncnc3sc(C(=O)NC(C)C)c(C)c23)n1. The van der Waals surface area contributed by atoms with Crippen LogP contribution in [0.3, 0.4) is 0 Å². The molecule has 0 radical (unpaired) electrons. The monoisotopic (exact) mass is 355 g/mol. The average molecular weight is 355 g/mol. The highest BCUT2D eigenvalue weighted by molar-refractivity contribution is 7.20. The van der Waals surface area contributed by atoms with Gasteiger partial charge in [0.15, 0.2) is 0 Å². The summed E-state index contributed by atoms with van der Waals surface area (Å²) in [6.07, 6.45) is 1.52. The number of nitrogens with one attached hydrogen (secondary N) is 2. The Balaban J connectivity index is 1.91. The molecule has 3 rings (SSSR count). The number of aryl methyl sites for hydroxylation is 2. The van der Waals surface area contributed by atoms with Crippen LogP contribution in [0.5, 0.6) is 0 Å². The Hall–Kier alpha value is -2.54. The van der Waals surface area contributed by atoms with Gasteiger partial charge in [-0.2, -0.15) is 0 Å². The topological polar surface area (TPSA) is 79.8 Å². The van der Waals surface area contributed by atoms with Crippen LogP contribution in [0.4, 0.5) is 5.82 Å². The predicted molar refractivity (Wildman–Crippen MR) is 101 cm³/mol. The Bertz CT molecular complexity index is 919. The molecule has 6 nitrogen and oxygen atoms in total. The molecule has 0 unspecified atom stereocenters. The maximum Gasteiger partial charge on any atom is 0.261 e. The summed E-state index contributed by atoms with van der Waals surface area (Å²) in [6.45, 7) is 8.36. The molecule has 0 aromatic carbocycles. The molecule has 0 bridgehead atoms. The smallest absolute Gasteiger partial charge is 0.261 e. The zero-order valence-corrected chi connectivity index (χ0v) is 15.6. The van der Waals surface area contributed by atoms with Crippen molar-refractivity contribution in [3.63, 3.8) is 0 Å². The van der Waals surface area contributed by atoms with Crippen LogP contribution in [0, 0.1) is 13.8 Å². The summed E-state index contributed by atoms with van der Waals surface area (Å²) >= 11 is 1.39. The van der Waals surface area contributed by atoms with Crippen LogP contribution < -0.4 is 10.6 Å². The molecule has 0 aliphatic carbocycles. The normalized spacial score (nSPS) is 11.1. The van der Waals surface area contributed by atoms with Gasteiger partial charge in [0.1, 0.15) is 17.0 Å². The zero-order chi connectivity index (χ0) is 18.0. The number of nitrogens with zero attached hydrogens (tertiary/aromatic N) is 3. The molecule has 0 spiro atoms. The van der Waals surface area contributed by atoms with E-state index < -0.39 is 0 Å². The number of hydrogen-bond donors (Lipinski definition) is 2. The largest absolute Gasteiger partial charge is 0.364 e. The van der Waals surface area contributed by atoms with Gasteiger partial charge in [0.05, 0.1) is 22.5 Å². The standard InChI is InChI=1S/C18H21N5OS/c1-10(2)22-17(24)15-12(4)14-16(20-9-21-18(14)25-15)19-8-13-7-5-6-11(3)23-13/h5-7,9-10H,8H2,1-4H3,(H,22,24)(H,19,20,21). The molecule has 25 heavy (non-hydrogen) atoms. The molecular weight excluding hydrogens is 334 g/mol. The number of amides is 1. The first-order chi connectivity index (χ1) is 12.0. The van der Waals surface area contributed by atoms with E-state index in [4.69, 9.17) is 0 Å². The summed E-state index contributed by atoms with van der Waals surface area (Å²) in [4.78, 5) is 27.1. The van der Waals surface area contributed by atoms with E-state index in [0.717, 1.165) is 33.0 Å². The molecule has 0 aliphatic heterocycles. The maximum absolute atomic E-state index is 12.4. The Morgan fingerprint density at radius 3 is 2.76 bits per heavy atom. The minimum atomic E-state index is -0.0678. The van der Waals surface area contributed by atoms with Crippen molar-refractivity contribution in [1.29, 1.82) is 0 Å². The number of rotatable bonds is 5. The predicted octanol–water partition coefficient (Wildman–Crippen LogP) is 3.45. The molecule has 3 heterocycles. The van der Waals surface area contributed by atoms with Crippen molar-refractivity contribution in [2.75, 3.05) is 5.32 Å². The molecular formula is C18H21N5OS. The number of thiophene rings is 1. The first-order valence-corrected chi connectivity index (χ1v) is 8.98. The molecule has 130 valence electrons. The first kappa shape index (κ1) is 17.3. The third kappa shape index (κ3) is 3.76. The van der Waals surface area contributed by atoms with Gasteiger partial charge in [-0.25, -0.2) is 9.97 Å². The fraction of sp³-hybridized carbons (Fsp3) is 0.333. The summed E-state index contributed by atoms with van der Waals surface area (Å²) in [7, 11) is 0. The van der Waals surface area contributed by atoms with Crippen LogP contribution in [0.2, 0.25) is 0 Å². The van der Waals surface area contributed by atoms with Gasteiger partial charge < -0.3 is 10.6 Å². The summed E-state index contributed by atoms with van der Waals surface area (Å²) in [5.41, 5.74) is 2.82. The minimum Gasteiger partial charge on any atom is -0.364 e. The third-order valence-electron chi connectivity index (χ3n) is 3.74. The van der Waals surface area contributed by atoms with Crippen molar-refractivity contribution in [3.8, 4) is 0 Å². The number of anilines is 1. The lowest BCUT2D eigenvalue weighted by Crippen LogP contribution is -2.29. The highest BCUT2D eigenvalue weighted by Crippen LogP contribution is 2.33. The maximum atomic E-state index is 12.4. The van der Waals surface area contributed by atoms with E-state index in [9.17, 15) is 4.79 Å². The molecule has 3 aromatic heterocycles. The van der Waals surface area contributed by atoms with Gasteiger partial charge >= 0.3 is 0 Å². The van der Waals surface area contributed by atoms with Crippen molar-refractivity contribution in [2.24, 2.45) is 0 Å². The van der Waals surface area contributed by atoms with Gasteiger partial charge in [-0.05, 0) is 45.4 Å². The number of hydrogen-bond acceptors (Lipinski definition) is 6. The van der Waals surface area contributed by atoms with E-state index in [0.29, 0.717) is 11.4 Å². The minimum absolute atomic E-state index is 0.0678. The van der Waals surface area contributed by atoms with Gasteiger partial charge in [0.2, 0.25) is 0 Å². The molecule has 0 fully saturated rings. The Morgan fingerprint density at radius 2 is 2.04 bits per heavy atom. The summed E-state index contributed by atoms with van der Waals surface area (Å²) in [6, 6.07) is 6.02. The van der Waals surface area contributed by atoms with Crippen LogP contribution in [-0.2, 0) is 6.54 Å². The number of carbonyl (C=O) groups excluding carboxylic acids is 1. The highest BCUT2D eigenvalue weighted by Gasteiger charge is 2.19. The molecule has 3 aromatic rings. The van der Waals surface area contributed by atoms with E-state index in [2.05, 4.69) is 25.6 Å². The van der Waals surface area contributed by atoms with Gasteiger partial charge in [0, 0.05) is 11.7 Å². The fourth-order valence-corrected chi connectivity index (χ4v) is 3.67. The van der Waals surface area contributed by atoms with Crippen LogP contribution >= 0.6 is 11.3 Å². The van der Waals surface area contributed by atoms with Crippen molar-refractivity contribution in [2.45, 2.75) is 40.3 Å². The van der Waals surface area contributed by atoms with E-state index >= 15 is 0 Å². The second-order valence-corrected chi connectivity index (χ2v) is 7.21. The van der Waals surface area contributed by atoms with E-state index in [-0.39, 0.29) is 11.9 Å². The number of pyridine rings is 1. The van der Waals surface area contributed by atoms with Gasteiger partial charge in [-0.3, -0.25) is 9.78 Å². The molecule has 0 saturated carbocycles. The summed E-state index contributed by atoms with van der Waals surface area (Å²) < 4.78 is 0. The van der Waals surface area contributed by atoms with Crippen LogP contribution in [0.15, 0.2) is 24.5 Å². The first-order valence-electron chi connectivity index (χ1n) is 8.17. The van der Waals surface area contributed by atoms with Crippen LogP contribution in [0.25, 0.3) is 10.2 Å². The van der Waals surface area contributed by atoms with Crippen molar-refractivity contribution in [3.05, 3.63) is 46.4 Å². The summed E-state index contributed by atoms with van der Waals surface area (Å²) in [5, 5.41) is 7.16. The van der Waals surface area contributed by atoms with E-state index in [1.165, 1.54) is 17.7 Å². The molecule has 2 N–H and O–H groups in total. The fourth-order valence-electron chi connectivity index (χ4n) is 2.62. The Kier molecular flexibility index (Phi) is 4.94. The molecule has 0 atom stereocenters.